The summed E-state index contributed by atoms with van der Waals surface area (Å²) in [6, 6.07) is 7.61. The second-order valence-electron chi connectivity index (χ2n) is 7.10. The van der Waals surface area contributed by atoms with Gasteiger partial charge in [-0.2, -0.15) is 0 Å². The SMILES string of the molecule is CCOC(=O)c1c(C)ncc(C(=O)OC(C)(C)C)c1-c1ccc(C)cc1. The van der Waals surface area contributed by atoms with E-state index in [0.29, 0.717) is 16.8 Å². The van der Waals surface area contributed by atoms with Crippen LogP contribution in [0.3, 0.4) is 0 Å². The van der Waals surface area contributed by atoms with E-state index in [1.807, 2.05) is 31.2 Å². The number of rotatable bonds is 4. The molecule has 0 unspecified atom stereocenters. The number of carbonyl (C=O) groups is 2. The van der Waals surface area contributed by atoms with Gasteiger partial charge < -0.3 is 9.47 Å². The molecule has 2 rings (SSSR count). The van der Waals surface area contributed by atoms with Crippen LogP contribution in [0, 0.1) is 13.8 Å². The molecule has 0 spiro atoms. The Hall–Kier alpha value is -2.69. The Morgan fingerprint density at radius 1 is 1.04 bits per heavy atom. The van der Waals surface area contributed by atoms with E-state index in [4.69, 9.17) is 9.47 Å². The molecule has 1 aromatic heterocycles. The van der Waals surface area contributed by atoms with Gasteiger partial charge in [-0.3, -0.25) is 4.98 Å². The topological polar surface area (TPSA) is 65.5 Å². The molecular weight excluding hydrogens is 330 g/mol. The summed E-state index contributed by atoms with van der Waals surface area (Å²) in [7, 11) is 0. The van der Waals surface area contributed by atoms with Crippen molar-refractivity contribution in [1.29, 1.82) is 0 Å². The second kappa shape index (κ2) is 7.68. The highest BCUT2D eigenvalue weighted by molar-refractivity contribution is 6.06. The highest BCUT2D eigenvalue weighted by atomic mass is 16.6. The van der Waals surface area contributed by atoms with Gasteiger partial charge in [0.15, 0.2) is 0 Å². The maximum Gasteiger partial charge on any atom is 0.340 e. The number of hydrogen-bond acceptors (Lipinski definition) is 5. The molecule has 2 aromatic rings. The van der Waals surface area contributed by atoms with E-state index in [0.717, 1.165) is 11.1 Å². The molecule has 0 atom stereocenters. The van der Waals surface area contributed by atoms with Crippen LogP contribution in [0.1, 0.15) is 59.7 Å². The predicted molar refractivity (Wildman–Crippen MR) is 100 cm³/mol. The Balaban J connectivity index is 2.72. The van der Waals surface area contributed by atoms with E-state index < -0.39 is 17.5 Å². The molecule has 26 heavy (non-hydrogen) atoms. The fraction of sp³-hybridized carbons (Fsp3) is 0.381. The van der Waals surface area contributed by atoms with Gasteiger partial charge >= 0.3 is 11.9 Å². The van der Waals surface area contributed by atoms with Gasteiger partial charge in [0.1, 0.15) is 5.60 Å². The number of pyridine rings is 1. The average molecular weight is 355 g/mol. The Kier molecular flexibility index (Phi) is 5.80. The van der Waals surface area contributed by atoms with Crippen molar-refractivity contribution in [1.82, 2.24) is 4.98 Å². The molecule has 138 valence electrons. The summed E-state index contributed by atoms with van der Waals surface area (Å²) in [6.07, 6.45) is 1.46. The lowest BCUT2D eigenvalue weighted by Crippen LogP contribution is -2.25. The molecule has 0 saturated heterocycles. The third-order valence-corrected chi connectivity index (χ3v) is 3.71. The van der Waals surface area contributed by atoms with Gasteiger partial charge in [-0.25, -0.2) is 9.59 Å². The van der Waals surface area contributed by atoms with Crippen LogP contribution < -0.4 is 0 Å². The van der Waals surface area contributed by atoms with Gasteiger partial charge in [-0.05, 0) is 47.1 Å². The average Bonchev–Trinajstić information content (AvgIpc) is 2.53. The zero-order chi connectivity index (χ0) is 19.5. The highest BCUT2D eigenvalue weighted by Crippen LogP contribution is 2.31. The van der Waals surface area contributed by atoms with E-state index >= 15 is 0 Å². The molecule has 5 heteroatoms. The fourth-order valence-electron chi connectivity index (χ4n) is 2.57. The number of carbonyl (C=O) groups excluding carboxylic acids is 2. The summed E-state index contributed by atoms with van der Waals surface area (Å²) in [4.78, 5) is 29.6. The van der Waals surface area contributed by atoms with Gasteiger partial charge in [0.2, 0.25) is 0 Å². The summed E-state index contributed by atoms with van der Waals surface area (Å²) >= 11 is 0. The van der Waals surface area contributed by atoms with Crippen molar-refractivity contribution >= 4 is 11.9 Å². The largest absolute Gasteiger partial charge is 0.462 e. The first-order chi connectivity index (χ1) is 12.1. The van der Waals surface area contributed by atoms with E-state index in [1.165, 1.54) is 6.20 Å². The first kappa shape index (κ1) is 19.6. The fourth-order valence-corrected chi connectivity index (χ4v) is 2.57. The van der Waals surface area contributed by atoms with Crippen molar-refractivity contribution in [2.45, 2.75) is 47.1 Å². The van der Waals surface area contributed by atoms with Crippen molar-refractivity contribution in [3.05, 3.63) is 52.8 Å². The van der Waals surface area contributed by atoms with Crippen LogP contribution in [0.5, 0.6) is 0 Å². The first-order valence-electron chi connectivity index (χ1n) is 8.61. The lowest BCUT2D eigenvalue weighted by Gasteiger charge is -2.21. The molecule has 5 nitrogen and oxygen atoms in total. The van der Waals surface area contributed by atoms with Gasteiger partial charge in [0, 0.05) is 11.8 Å². The van der Waals surface area contributed by atoms with E-state index in [-0.39, 0.29) is 12.2 Å². The Morgan fingerprint density at radius 2 is 1.65 bits per heavy atom. The lowest BCUT2D eigenvalue weighted by molar-refractivity contribution is 0.00700. The quantitative estimate of drug-likeness (QED) is 0.756. The molecule has 1 heterocycles. The Labute approximate surface area is 154 Å². The normalized spacial score (nSPS) is 11.2. The predicted octanol–water partition coefficient (Wildman–Crippen LogP) is 4.50. The molecule has 0 aliphatic rings. The van der Waals surface area contributed by atoms with Crippen LogP contribution in [0.4, 0.5) is 0 Å². The molecular formula is C21H25NO4. The number of ether oxygens (including phenoxy) is 2. The third-order valence-electron chi connectivity index (χ3n) is 3.71. The zero-order valence-corrected chi connectivity index (χ0v) is 16.2. The molecule has 0 bridgehead atoms. The Morgan fingerprint density at radius 3 is 2.19 bits per heavy atom. The summed E-state index contributed by atoms with van der Waals surface area (Å²) in [6.45, 7) is 11.1. The lowest BCUT2D eigenvalue weighted by atomic mass is 9.94. The number of hydrogen-bond donors (Lipinski definition) is 0. The van der Waals surface area contributed by atoms with Crippen molar-refractivity contribution in [3.63, 3.8) is 0 Å². The standard InChI is InChI=1S/C21H25NO4/c1-7-25-20(24)17-14(3)22-12-16(19(23)26-21(4,5)6)18(17)15-10-8-13(2)9-11-15/h8-12H,7H2,1-6H3. The molecule has 0 N–H and O–H groups in total. The number of aryl methyl sites for hydroxylation is 2. The van der Waals surface area contributed by atoms with Crippen LogP contribution in [-0.4, -0.2) is 29.1 Å². The third kappa shape index (κ3) is 4.48. The maximum absolute atomic E-state index is 12.8. The monoisotopic (exact) mass is 355 g/mol. The van der Waals surface area contributed by atoms with Gasteiger partial charge in [0.05, 0.1) is 23.4 Å². The number of esters is 2. The second-order valence-corrected chi connectivity index (χ2v) is 7.10. The van der Waals surface area contributed by atoms with E-state index in [2.05, 4.69) is 4.98 Å². The van der Waals surface area contributed by atoms with Gasteiger partial charge in [-0.15, -0.1) is 0 Å². The maximum atomic E-state index is 12.8. The van der Waals surface area contributed by atoms with Crippen molar-refractivity contribution in [3.8, 4) is 11.1 Å². The molecule has 0 radical (unpaired) electrons. The van der Waals surface area contributed by atoms with E-state index in [1.54, 1.807) is 34.6 Å². The van der Waals surface area contributed by atoms with Crippen molar-refractivity contribution in [2.24, 2.45) is 0 Å². The minimum absolute atomic E-state index is 0.238. The van der Waals surface area contributed by atoms with Crippen LogP contribution in [0.15, 0.2) is 30.5 Å². The van der Waals surface area contributed by atoms with Crippen LogP contribution in [0.25, 0.3) is 11.1 Å². The Bertz CT molecular complexity index is 817. The summed E-state index contributed by atoms with van der Waals surface area (Å²) in [5.74, 6) is -1.02. The minimum atomic E-state index is -0.656. The highest BCUT2D eigenvalue weighted by Gasteiger charge is 2.27. The number of benzene rings is 1. The minimum Gasteiger partial charge on any atom is -0.462 e. The van der Waals surface area contributed by atoms with Gasteiger partial charge in [-0.1, -0.05) is 29.8 Å². The molecule has 0 amide bonds. The number of aromatic nitrogens is 1. The number of nitrogens with zero attached hydrogens (tertiary/aromatic N) is 1. The molecule has 0 aliphatic carbocycles. The van der Waals surface area contributed by atoms with E-state index in [9.17, 15) is 9.59 Å². The summed E-state index contributed by atoms with van der Waals surface area (Å²) in [5, 5.41) is 0. The molecule has 1 aromatic carbocycles. The van der Waals surface area contributed by atoms with Crippen LogP contribution in [0.2, 0.25) is 0 Å². The molecule has 0 fully saturated rings. The van der Waals surface area contributed by atoms with Crippen molar-refractivity contribution < 1.29 is 19.1 Å². The molecule has 0 aliphatic heterocycles. The smallest absolute Gasteiger partial charge is 0.340 e. The van der Waals surface area contributed by atoms with Crippen LogP contribution >= 0.6 is 0 Å². The summed E-state index contributed by atoms with van der Waals surface area (Å²) in [5.41, 5.74) is 2.70. The summed E-state index contributed by atoms with van der Waals surface area (Å²) < 4.78 is 10.7. The van der Waals surface area contributed by atoms with Crippen molar-refractivity contribution in [2.75, 3.05) is 6.61 Å². The first-order valence-corrected chi connectivity index (χ1v) is 8.61. The molecule has 0 saturated carbocycles. The van der Waals surface area contributed by atoms with Crippen LogP contribution in [-0.2, 0) is 9.47 Å². The van der Waals surface area contributed by atoms with Gasteiger partial charge in [0.25, 0.3) is 0 Å². The zero-order valence-electron chi connectivity index (χ0n) is 16.2.